The molecule has 2 fully saturated rings. The first-order valence-electron chi connectivity index (χ1n) is 11.7. The molecule has 1 N–H and O–H groups in total. The normalized spacial score (nSPS) is 20.2. The number of fused-ring (bicyclic) bond motifs is 1. The van der Waals surface area contributed by atoms with E-state index in [2.05, 4.69) is 22.1 Å². The number of carbonyl (C=O) groups excluding carboxylic acids is 1. The van der Waals surface area contributed by atoms with Crippen molar-refractivity contribution in [3.8, 4) is 5.75 Å². The number of carbonyl (C=O) groups is 1. The van der Waals surface area contributed by atoms with Crippen LogP contribution in [0.2, 0.25) is 0 Å². The predicted octanol–water partition coefficient (Wildman–Crippen LogP) is 3.29. The number of benzene rings is 2. The molecule has 170 valence electrons. The standard InChI is InChI=1S/C26H28N4O3/c1-26(32)16-28(17-26)12-13-30-23-9-6-21(14-20(23)15-27-30)29-11-10-24(25(29)31)33-22-7-4-19(5-8-22)18-2-3-18/h4-10,14-15,18,32H,2-3,11-13,16-17H2,1H3. The molecule has 6 rings (SSSR count). The number of aromatic nitrogens is 2. The molecule has 3 aromatic rings. The molecule has 1 amide bonds. The molecule has 1 saturated carbocycles. The molecule has 33 heavy (non-hydrogen) atoms. The number of likely N-dealkylation sites (tertiary alicyclic amines) is 1. The van der Waals surface area contributed by atoms with E-state index in [1.54, 1.807) is 4.90 Å². The molecule has 0 spiro atoms. The zero-order valence-electron chi connectivity index (χ0n) is 18.8. The third kappa shape index (κ3) is 4.03. The van der Waals surface area contributed by atoms with Crippen molar-refractivity contribution in [2.75, 3.05) is 31.1 Å². The summed E-state index contributed by atoms with van der Waals surface area (Å²) in [6.45, 7) is 5.38. The highest BCUT2D eigenvalue weighted by Gasteiger charge is 2.36. The second-order valence-electron chi connectivity index (χ2n) is 9.75. The third-order valence-electron chi connectivity index (χ3n) is 6.77. The number of hydrogen-bond donors (Lipinski definition) is 1. The van der Waals surface area contributed by atoms with Gasteiger partial charge in [-0.2, -0.15) is 5.10 Å². The van der Waals surface area contributed by atoms with Crippen LogP contribution in [-0.4, -0.2) is 57.5 Å². The molecule has 3 heterocycles. The number of ether oxygens (including phenoxy) is 1. The number of β-amino-alcohol motifs (C(OH)–C–C–N with tert-alkyl or cyclic N) is 1. The molecule has 2 aliphatic heterocycles. The van der Waals surface area contributed by atoms with Gasteiger partial charge in [0.05, 0.1) is 23.9 Å². The summed E-state index contributed by atoms with van der Waals surface area (Å²) >= 11 is 0. The molecule has 7 heteroatoms. The van der Waals surface area contributed by atoms with Crippen molar-refractivity contribution < 1.29 is 14.6 Å². The van der Waals surface area contributed by atoms with Crippen LogP contribution in [0.3, 0.4) is 0 Å². The van der Waals surface area contributed by atoms with Gasteiger partial charge in [-0.25, -0.2) is 0 Å². The largest absolute Gasteiger partial charge is 0.452 e. The summed E-state index contributed by atoms with van der Waals surface area (Å²) in [5.41, 5.74) is 2.67. The molecule has 0 unspecified atom stereocenters. The van der Waals surface area contributed by atoms with E-state index in [1.807, 2.05) is 54.2 Å². The maximum absolute atomic E-state index is 13.0. The SMILES string of the molecule is CC1(O)CN(CCn2ncc3cc(N4CC=C(Oc5ccc(C6CC6)cc5)C4=O)ccc32)C1. The van der Waals surface area contributed by atoms with Crippen LogP contribution in [0, 0.1) is 0 Å². The van der Waals surface area contributed by atoms with Gasteiger partial charge in [0.25, 0.3) is 5.91 Å². The summed E-state index contributed by atoms with van der Waals surface area (Å²) in [5, 5.41) is 15.4. The molecule has 0 atom stereocenters. The van der Waals surface area contributed by atoms with Gasteiger partial charge in [0.15, 0.2) is 5.76 Å². The molecular weight excluding hydrogens is 416 g/mol. The molecule has 3 aliphatic rings. The van der Waals surface area contributed by atoms with Crippen LogP contribution in [0.4, 0.5) is 5.69 Å². The number of anilines is 1. The Labute approximate surface area is 192 Å². The third-order valence-corrected chi connectivity index (χ3v) is 6.77. The average Bonchev–Trinajstić information content (AvgIpc) is 3.47. The van der Waals surface area contributed by atoms with E-state index in [9.17, 15) is 9.90 Å². The minimum atomic E-state index is -0.556. The van der Waals surface area contributed by atoms with E-state index in [0.29, 0.717) is 37.1 Å². The lowest BCUT2D eigenvalue weighted by molar-refractivity contribution is -0.116. The molecule has 1 aliphatic carbocycles. The summed E-state index contributed by atoms with van der Waals surface area (Å²) in [5.74, 6) is 1.64. The predicted molar refractivity (Wildman–Crippen MR) is 126 cm³/mol. The first-order valence-corrected chi connectivity index (χ1v) is 11.7. The summed E-state index contributed by atoms with van der Waals surface area (Å²) in [6.07, 6.45) is 6.22. The summed E-state index contributed by atoms with van der Waals surface area (Å²) in [4.78, 5) is 16.9. The topological polar surface area (TPSA) is 70.8 Å². The van der Waals surface area contributed by atoms with Gasteiger partial charge in [0, 0.05) is 37.3 Å². The lowest BCUT2D eigenvalue weighted by atomic mass is 9.97. The minimum absolute atomic E-state index is 0.127. The lowest BCUT2D eigenvalue weighted by Crippen LogP contribution is -2.60. The number of amides is 1. The van der Waals surface area contributed by atoms with Crippen molar-refractivity contribution in [1.82, 2.24) is 14.7 Å². The first-order chi connectivity index (χ1) is 15.9. The molecule has 2 aromatic carbocycles. The Morgan fingerprint density at radius 3 is 2.64 bits per heavy atom. The minimum Gasteiger partial charge on any atom is -0.452 e. The van der Waals surface area contributed by atoms with Crippen molar-refractivity contribution >= 4 is 22.5 Å². The monoisotopic (exact) mass is 444 g/mol. The molecule has 0 radical (unpaired) electrons. The average molecular weight is 445 g/mol. The number of nitrogens with zero attached hydrogens (tertiary/aromatic N) is 4. The quantitative estimate of drug-likeness (QED) is 0.606. The Kier molecular flexibility index (Phi) is 4.78. The Bertz CT molecular complexity index is 1230. The fraction of sp³-hybridized carbons (Fsp3) is 0.385. The molecular formula is C26H28N4O3. The first kappa shape index (κ1) is 20.4. The smallest absolute Gasteiger partial charge is 0.294 e. The van der Waals surface area contributed by atoms with Gasteiger partial charge in [-0.1, -0.05) is 12.1 Å². The molecule has 1 aromatic heterocycles. The van der Waals surface area contributed by atoms with Crippen molar-refractivity contribution in [3.63, 3.8) is 0 Å². The highest BCUT2D eigenvalue weighted by Crippen LogP contribution is 2.40. The van der Waals surface area contributed by atoms with E-state index in [0.717, 1.165) is 29.7 Å². The summed E-state index contributed by atoms with van der Waals surface area (Å²) in [7, 11) is 0. The van der Waals surface area contributed by atoms with E-state index in [1.165, 1.54) is 18.4 Å². The van der Waals surface area contributed by atoms with Crippen LogP contribution in [0.1, 0.15) is 31.2 Å². The van der Waals surface area contributed by atoms with Gasteiger partial charge in [0.1, 0.15) is 5.75 Å². The number of aliphatic hydroxyl groups is 1. The number of hydrogen-bond acceptors (Lipinski definition) is 5. The van der Waals surface area contributed by atoms with Gasteiger partial charge in [0.2, 0.25) is 0 Å². The van der Waals surface area contributed by atoms with Crippen LogP contribution in [-0.2, 0) is 11.3 Å². The van der Waals surface area contributed by atoms with Gasteiger partial charge in [-0.15, -0.1) is 0 Å². The van der Waals surface area contributed by atoms with E-state index in [-0.39, 0.29) is 5.91 Å². The maximum atomic E-state index is 13.0. The zero-order chi connectivity index (χ0) is 22.6. The van der Waals surface area contributed by atoms with Crippen LogP contribution < -0.4 is 9.64 Å². The lowest BCUT2D eigenvalue weighted by Gasteiger charge is -2.44. The second kappa shape index (κ2) is 7.71. The Hall–Kier alpha value is -3.16. The van der Waals surface area contributed by atoms with Gasteiger partial charge >= 0.3 is 0 Å². The van der Waals surface area contributed by atoms with Crippen LogP contribution in [0.5, 0.6) is 5.75 Å². The van der Waals surface area contributed by atoms with Crippen LogP contribution in [0.25, 0.3) is 10.9 Å². The zero-order valence-corrected chi connectivity index (χ0v) is 18.8. The van der Waals surface area contributed by atoms with Crippen molar-refractivity contribution in [3.05, 3.63) is 66.1 Å². The van der Waals surface area contributed by atoms with Gasteiger partial charge in [-0.3, -0.25) is 14.4 Å². The van der Waals surface area contributed by atoms with E-state index >= 15 is 0 Å². The highest BCUT2D eigenvalue weighted by molar-refractivity contribution is 6.08. The van der Waals surface area contributed by atoms with Crippen LogP contribution in [0.15, 0.2) is 60.5 Å². The Morgan fingerprint density at radius 2 is 1.91 bits per heavy atom. The number of rotatable bonds is 7. The fourth-order valence-electron chi connectivity index (χ4n) is 4.87. The Balaban J connectivity index is 1.11. The highest BCUT2D eigenvalue weighted by atomic mass is 16.5. The second-order valence-corrected chi connectivity index (χ2v) is 9.75. The van der Waals surface area contributed by atoms with Crippen molar-refractivity contribution in [2.24, 2.45) is 0 Å². The van der Waals surface area contributed by atoms with Crippen LogP contribution >= 0.6 is 0 Å². The maximum Gasteiger partial charge on any atom is 0.294 e. The van der Waals surface area contributed by atoms with Crippen molar-refractivity contribution in [2.45, 2.75) is 37.8 Å². The summed E-state index contributed by atoms with van der Waals surface area (Å²) in [6, 6.07) is 14.1. The molecule has 0 bridgehead atoms. The fourth-order valence-corrected chi connectivity index (χ4v) is 4.87. The molecule has 7 nitrogen and oxygen atoms in total. The molecule has 1 saturated heterocycles. The Morgan fingerprint density at radius 1 is 1.12 bits per heavy atom. The van der Waals surface area contributed by atoms with E-state index < -0.39 is 5.60 Å². The van der Waals surface area contributed by atoms with Crippen molar-refractivity contribution in [1.29, 1.82) is 0 Å². The van der Waals surface area contributed by atoms with Gasteiger partial charge in [-0.05, 0) is 67.7 Å². The van der Waals surface area contributed by atoms with E-state index in [4.69, 9.17) is 4.74 Å². The van der Waals surface area contributed by atoms with Gasteiger partial charge < -0.3 is 14.7 Å². The summed E-state index contributed by atoms with van der Waals surface area (Å²) < 4.78 is 7.88.